The zero-order valence-electron chi connectivity index (χ0n) is 14.4. The summed E-state index contributed by atoms with van der Waals surface area (Å²) in [6.07, 6.45) is 3.64. The molecule has 0 aliphatic carbocycles. The van der Waals surface area contributed by atoms with E-state index in [0.717, 1.165) is 37.1 Å². The highest BCUT2D eigenvalue weighted by Crippen LogP contribution is 2.20. The van der Waals surface area contributed by atoms with Crippen molar-refractivity contribution in [2.75, 3.05) is 20.1 Å². The predicted molar refractivity (Wildman–Crippen MR) is 94.2 cm³/mol. The standard InChI is InChI=1S/C17H26BrN3O2/c1-17(2,3)23-16(22)21-9-7-14(8-10-21)20(4)12-13-5-6-15(18)19-11-13/h5-6,11,14H,7-10,12H2,1-4H3. The van der Waals surface area contributed by atoms with Gasteiger partial charge in [-0.1, -0.05) is 6.07 Å². The van der Waals surface area contributed by atoms with Crippen LogP contribution >= 0.6 is 15.9 Å². The number of piperidine rings is 1. The van der Waals surface area contributed by atoms with Gasteiger partial charge in [-0.3, -0.25) is 4.90 Å². The van der Waals surface area contributed by atoms with Crippen molar-refractivity contribution in [3.63, 3.8) is 0 Å². The summed E-state index contributed by atoms with van der Waals surface area (Å²) in [7, 11) is 2.13. The molecule has 1 aliphatic rings. The maximum absolute atomic E-state index is 12.1. The highest BCUT2D eigenvalue weighted by molar-refractivity contribution is 9.10. The van der Waals surface area contributed by atoms with Gasteiger partial charge in [0.25, 0.3) is 0 Å². The van der Waals surface area contributed by atoms with Crippen LogP contribution in [0.1, 0.15) is 39.2 Å². The number of likely N-dealkylation sites (tertiary alicyclic amines) is 1. The molecule has 1 fully saturated rings. The zero-order chi connectivity index (χ0) is 17.0. The molecule has 0 bridgehead atoms. The largest absolute Gasteiger partial charge is 0.444 e. The van der Waals surface area contributed by atoms with Gasteiger partial charge in [0.15, 0.2) is 0 Å². The molecule has 0 spiro atoms. The average Bonchev–Trinajstić information content (AvgIpc) is 2.48. The van der Waals surface area contributed by atoms with Crippen molar-refractivity contribution < 1.29 is 9.53 Å². The van der Waals surface area contributed by atoms with E-state index in [1.54, 1.807) is 0 Å². The minimum Gasteiger partial charge on any atom is -0.444 e. The van der Waals surface area contributed by atoms with Crippen LogP contribution in [0.25, 0.3) is 0 Å². The van der Waals surface area contributed by atoms with Crippen LogP contribution in [0.2, 0.25) is 0 Å². The van der Waals surface area contributed by atoms with Gasteiger partial charge in [-0.15, -0.1) is 0 Å². The van der Waals surface area contributed by atoms with Crippen molar-refractivity contribution in [2.45, 2.75) is 51.8 Å². The van der Waals surface area contributed by atoms with Crippen molar-refractivity contribution >= 4 is 22.0 Å². The summed E-state index contributed by atoms with van der Waals surface area (Å²) in [6, 6.07) is 4.54. The van der Waals surface area contributed by atoms with E-state index in [1.165, 1.54) is 5.56 Å². The van der Waals surface area contributed by atoms with E-state index in [0.29, 0.717) is 6.04 Å². The maximum atomic E-state index is 12.1. The monoisotopic (exact) mass is 383 g/mol. The van der Waals surface area contributed by atoms with Crippen molar-refractivity contribution in [2.24, 2.45) is 0 Å². The first-order valence-corrected chi connectivity index (χ1v) is 8.82. The molecule has 23 heavy (non-hydrogen) atoms. The molecule has 6 heteroatoms. The SMILES string of the molecule is CN(Cc1ccc(Br)nc1)C1CCN(C(=O)OC(C)(C)C)CC1. The zero-order valence-corrected chi connectivity index (χ0v) is 16.0. The third-order valence-electron chi connectivity index (χ3n) is 3.96. The number of rotatable bonds is 3. The lowest BCUT2D eigenvalue weighted by molar-refractivity contribution is 0.0153. The highest BCUT2D eigenvalue weighted by Gasteiger charge is 2.28. The summed E-state index contributed by atoms with van der Waals surface area (Å²) in [5.41, 5.74) is 0.768. The summed E-state index contributed by atoms with van der Waals surface area (Å²) in [6.45, 7) is 8.08. The second kappa shape index (κ2) is 7.62. The van der Waals surface area contributed by atoms with Crippen LogP contribution in [-0.4, -0.2) is 52.7 Å². The van der Waals surface area contributed by atoms with Crippen molar-refractivity contribution in [1.29, 1.82) is 0 Å². The van der Waals surface area contributed by atoms with Gasteiger partial charge in [-0.25, -0.2) is 9.78 Å². The molecule has 1 aromatic rings. The molecule has 128 valence electrons. The minimum atomic E-state index is -0.431. The van der Waals surface area contributed by atoms with Crippen molar-refractivity contribution in [3.05, 3.63) is 28.5 Å². The van der Waals surface area contributed by atoms with Crippen LogP contribution in [0.15, 0.2) is 22.9 Å². The molecule has 0 aromatic carbocycles. The number of hydrogen-bond donors (Lipinski definition) is 0. The Morgan fingerprint density at radius 1 is 1.39 bits per heavy atom. The molecule has 1 aromatic heterocycles. The quantitative estimate of drug-likeness (QED) is 0.746. The Morgan fingerprint density at radius 2 is 2.04 bits per heavy atom. The first kappa shape index (κ1) is 18.2. The molecule has 1 aliphatic heterocycles. The van der Waals surface area contributed by atoms with Gasteiger partial charge in [0.1, 0.15) is 10.2 Å². The molecule has 0 unspecified atom stereocenters. The van der Waals surface area contributed by atoms with Crippen LogP contribution < -0.4 is 0 Å². The molecule has 2 rings (SSSR count). The molecule has 1 saturated heterocycles. The van der Waals surface area contributed by atoms with E-state index in [1.807, 2.05) is 37.9 Å². The lowest BCUT2D eigenvalue weighted by Crippen LogP contribution is -2.46. The molecule has 0 N–H and O–H groups in total. The molecule has 0 atom stereocenters. The second-order valence-corrected chi connectivity index (χ2v) is 7.92. The van der Waals surface area contributed by atoms with Gasteiger partial charge >= 0.3 is 6.09 Å². The number of amides is 1. The van der Waals surface area contributed by atoms with E-state index in [9.17, 15) is 4.79 Å². The minimum absolute atomic E-state index is 0.198. The Labute approximate surface area is 147 Å². The van der Waals surface area contributed by atoms with Gasteiger partial charge < -0.3 is 9.64 Å². The van der Waals surface area contributed by atoms with Crippen LogP contribution in [0.4, 0.5) is 4.79 Å². The number of hydrogen-bond acceptors (Lipinski definition) is 4. The molecule has 0 saturated carbocycles. The predicted octanol–water partition coefficient (Wildman–Crippen LogP) is 3.68. The van der Waals surface area contributed by atoms with E-state index < -0.39 is 5.60 Å². The molecule has 1 amide bonds. The van der Waals surface area contributed by atoms with Gasteiger partial charge in [0.2, 0.25) is 0 Å². The fraction of sp³-hybridized carbons (Fsp3) is 0.647. The maximum Gasteiger partial charge on any atom is 0.410 e. The Bertz CT molecular complexity index is 520. The first-order valence-electron chi connectivity index (χ1n) is 8.03. The number of carbonyl (C=O) groups excluding carboxylic acids is 1. The van der Waals surface area contributed by atoms with E-state index >= 15 is 0 Å². The van der Waals surface area contributed by atoms with Crippen molar-refractivity contribution in [1.82, 2.24) is 14.8 Å². The summed E-state index contributed by atoms with van der Waals surface area (Å²) in [4.78, 5) is 20.5. The molecule has 0 radical (unpaired) electrons. The summed E-state index contributed by atoms with van der Waals surface area (Å²) >= 11 is 3.36. The summed E-state index contributed by atoms with van der Waals surface area (Å²) in [5, 5.41) is 0. The fourth-order valence-electron chi connectivity index (χ4n) is 2.73. The van der Waals surface area contributed by atoms with Crippen LogP contribution in [0, 0.1) is 0 Å². The highest BCUT2D eigenvalue weighted by atomic mass is 79.9. The van der Waals surface area contributed by atoms with Gasteiger partial charge in [0, 0.05) is 31.9 Å². The molecular weight excluding hydrogens is 358 g/mol. The number of halogens is 1. The van der Waals surface area contributed by atoms with Crippen LogP contribution in [0.5, 0.6) is 0 Å². The Hall–Kier alpha value is -1.14. The fourth-order valence-corrected chi connectivity index (χ4v) is 2.97. The van der Waals surface area contributed by atoms with Gasteiger partial charge in [-0.05, 0) is 68.2 Å². The third kappa shape index (κ3) is 5.77. The lowest BCUT2D eigenvalue weighted by atomic mass is 10.0. The number of carbonyl (C=O) groups is 1. The third-order valence-corrected chi connectivity index (χ3v) is 4.43. The molecular formula is C17H26BrN3O2. The van der Waals surface area contributed by atoms with E-state index in [-0.39, 0.29) is 6.09 Å². The number of pyridine rings is 1. The molecule has 5 nitrogen and oxygen atoms in total. The van der Waals surface area contributed by atoms with E-state index in [2.05, 4.69) is 38.9 Å². The first-order chi connectivity index (χ1) is 10.7. The number of nitrogens with zero attached hydrogens (tertiary/aromatic N) is 3. The average molecular weight is 384 g/mol. The Morgan fingerprint density at radius 3 is 2.57 bits per heavy atom. The topological polar surface area (TPSA) is 45.7 Å². The normalized spacial score (nSPS) is 16.7. The summed E-state index contributed by atoms with van der Waals surface area (Å²) in [5.74, 6) is 0. The van der Waals surface area contributed by atoms with Gasteiger partial charge in [0.05, 0.1) is 0 Å². The Kier molecular flexibility index (Phi) is 6.03. The van der Waals surface area contributed by atoms with Gasteiger partial charge in [-0.2, -0.15) is 0 Å². The van der Waals surface area contributed by atoms with Crippen molar-refractivity contribution in [3.8, 4) is 0 Å². The van der Waals surface area contributed by atoms with E-state index in [4.69, 9.17) is 4.74 Å². The Balaban J connectivity index is 1.81. The number of ether oxygens (including phenoxy) is 1. The number of aromatic nitrogens is 1. The van der Waals surface area contributed by atoms with Crippen LogP contribution in [0.3, 0.4) is 0 Å². The second-order valence-electron chi connectivity index (χ2n) is 7.10. The lowest BCUT2D eigenvalue weighted by Gasteiger charge is -2.37. The smallest absolute Gasteiger partial charge is 0.410 e. The molecule has 2 heterocycles. The van der Waals surface area contributed by atoms with Crippen LogP contribution in [-0.2, 0) is 11.3 Å². The summed E-state index contributed by atoms with van der Waals surface area (Å²) < 4.78 is 6.30.